The highest BCUT2D eigenvalue weighted by atomic mass is 16.5. The van der Waals surface area contributed by atoms with Crippen molar-refractivity contribution in [3.05, 3.63) is 77.9 Å². The van der Waals surface area contributed by atoms with Gasteiger partial charge < -0.3 is 24.3 Å². The number of nitrogens with one attached hydrogen (secondary N) is 1. The molecular formula is C24H25NO5. The van der Waals surface area contributed by atoms with E-state index in [1.54, 1.807) is 44.6 Å². The Morgan fingerprint density at radius 2 is 1.43 bits per heavy atom. The number of anilines is 1. The van der Waals surface area contributed by atoms with E-state index < -0.39 is 0 Å². The summed E-state index contributed by atoms with van der Waals surface area (Å²) in [6.45, 7) is 2.79. The van der Waals surface area contributed by atoms with Gasteiger partial charge >= 0.3 is 0 Å². The molecule has 0 aliphatic heterocycles. The van der Waals surface area contributed by atoms with Gasteiger partial charge in [-0.25, -0.2) is 0 Å². The molecule has 1 amide bonds. The lowest BCUT2D eigenvalue weighted by atomic mass is 10.1. The van der Waals surface area contributed by atoms with E-state index in [9.17, 15) is 4.79 Å². The van der Waals surface area contributed by atoms with E-state index in [1.165, 1.54) is 0 Å². The van der Waals surface area contributed by atoms with Crippen molar-refractivity contribution < 1.29 is 23.7 Å². The van der Waals surface area contributed by atoms with Crippen LogP contribution in [0.4, 0.5) is 5.69 Å². The maximum Gasteiger partial charge on any atom is 0.255 e. The molecule has 3 aromatic carbocycles. The molecule has 3 aromatic rings. The summed E-state index contributed by atoms with van der Waals surface area (Å²) in [6, 6.07) is 19.8. The second-order valence-corrected chi connectivity index (χ2v) is 6.40. The van der Waals surface area contributed by atoms with Crippen molar-refractivity contribution in [2.24, 2.45) is 0 Å². The first kappa shape index (κ1) is 21.0. The van der Waals surface area contributed by atoms with Crippen LogP contribution < -0.4 is 24.3 Å². The van der Waals surface area contributed by atoms with E-state index in [4.69, 9.17) is 18.9 Å². The van der Waals surface area contributed by atoms with E-state index in [2.05, 4.69) is 5.32 Å². The number of carbonyl (C=O) groups excluding carboxylic acids is 1. The van der Waals surface area contributed by atoms with E-state index in [-0.39, 0.29) is 12.5 Å². The third kappa shape index (κ3) is 5.44. The second-order valence-electron chi connectivity index (χ2n) is 6.40. The molecule has 0 saturated carbocycles. The van der Waals surface area contributed by atoms with Crippen molar-refractivity contribution in [2.45, 2.75) is 13.5 Å². The van der Waals surface area contributed by atoms with Crippen LogP contribution in [0.5, 0.6) is 23.0 Å². The zero-order valence-electron chi connectivity index (χ0n) is 17.3. The normalized spacial score (nSPS) is 10.2. The van der Waals surface area contributed by atoms with Gasteiger partial charge in [-0.1, -0.05) is 0 Å². The lowest BCUT2D eigenvalue weighted by molar-refractivity contribution is 0.102. The molecule has 0 heterocycles. The first-order valence-electron chi connectivity index (χ1n) is 9.61. The second kappa shape index (κ2) is 10.2. The van der Waals surface area contributed by atoms with Gasteiger partial charge in [-0.3, -0.25) is 4.79 Å². The molecule has 6 nitrogen and oxygen atoms in total. The van der Waals surface area contributed by atoms with Crippen molar-refractivity contribution in [3.63, 3.8) is 0 Å². The number of ether oxygens (including phenoxy) is 4. The first-order chi connectivity index (χ1) is 14.6. The summed E-state index contributed by atoms with van der Waals surface area (Å²) >= 11 is 0. The van der Waals surface area contributed by atoms with Gasteiger partial charge in [0.1, 0.15) is 29.6 Å². The molecule has 0 fully saturated rings. The summed E-state index contributed by atoms with van der Waals surface area (Å²) in [5.74, 6) is 2.65. The third-order valence-electron chi connectivity index (χ3n) is 4.42. The summed E-state index contributed by atoms with van der Waals surface area (Å²) in [4.78, 5) is 12.7. The van der Waals surface area contributed by atoms with E-state index in [1.807, 2.05) is 43.3 Å². The molecule has 6 heteroatoms. The first-order valence-corrected chi connectivity index (χ1v) is 9.61. The van der Waals surface area contributed by atoms with Crippen LogP contribution in [0.1, 0.15) is 22.8 Å². The molecule has 0 spiro atoms. The van der Waals surface area contributed by atoms with Crippen molar-refractivity contribution in [1.29, 1.82) is 0 Å². The Kier molecular flexibility index (Phi) is 7.16. The zero-order chi connectivity index (χ0) is 21.3. The molecule has 0 bridgehead atoms. The summed E-state index contributed by atoms with van der Waals surface area (Å²) in [5.41, 5.74) is 1.97. The number of rotatable bonds is 9. The smallest absolute Gasteiger partial charge is 0.255 e. The SMILES string of the molecule is CCOc1ccc(NC(=O)c2ccc(OC)c(COc3ccc(OC)cc3)c2)cc1. The Bertz CT molecular complexity index is 968. The van der Waals surface area contributed by atoms with Gasteiger partial charge in [0.15, 0.2) is 0 Å². The third-order valence-corrected chi connectivity index (χ3v) is 4.42. The van der Waals surface area contributed by atoms with Crippen LogP contribution in [-0.4, -0.2) is 26.7 Å². The standard InChI is InChI=1S/C24H25NO5/c1-4-29-21-8-6-19(7-9-21)25-24(26)17-5-14-23(28-3)18(15-17)16-30-22-12-10-20(27-2)11-13-22/h5-15H,4,16H2,1-3H3,(H,25,26). The molecule has 1 N–H and O–H groups in total. The largest absolute Gasteiger partial charge is 0.497 e. The van der Waals surface area contributed by atoms with Gasteiger partial charge in [-0.2, -0.15) is 0 Å². The van der Waals surface area contributed by atoms with Crippen molar-refractivity contribution >= 4 is 11.6 Å². The Labute approximate surface area is 176 Å². The van der Waals surface area contributed by atoms with Crippen LogP contribution >= 0.6 is 0 Å². The molecule has 0 atom stereocenters. The van der Waals surface area contributed by atoms with Crippen molar-refractivity contribution in [2.75, 3.05) is 26.1 Å². The molecular weight excluding hydrogens is 382 g/mol. The lowest BCUT2D eigenvalue weighted by Crippen LogP contribution is -2.13. The van der Waals surface area contributed by atoms with Gasteiger partial charge in [-0.05, 0) is 73.7 Å². The highest BCUT2D eigenvalue weighted by Gasteiger charge is 2.12. The molecule has 0 unspecified atom stereocenters. The van der Waals surface area contributed by atoms with Crippen LogP contribution in [0.2, 0.25) is 0 Å². The maximum absolute atomic E-state index is 12.7. The predicted molar refractivity (Wildman–Crippen MR) is 116 cm³/mol. The van der Waals surface area contributed by atoms with Gasteiger partial charge in [0.25, 0.3) is 5.91 Å². The number of hydrogen-bond acceptors (Lipinski definition) is 5. The summed E-state index contributed by atoms with van der Waals surface area (Å²) in [5, 5.41) is 2.89. The minimum absolute atomic E-state index is 0.215. The highest BCUT2D eigenvalue weighted by Crippen LogP contribution is 2.24. The van der Waals surface area contributed by atoms with E-state index in [0.717, 1.165) is 17.1 Å². The Morgan fingerprint density at radius 3 is 2.07 bits per heavy atom. The topological polar surface area (TPSA) is 66.0 Å². The van der Waals surface area contributed by atoms with Crippen LogP contribution in [0, 0.1) is 0 Å². The molecule has 0 radical (unpaired) electrons. The average Bonchev–Trinajstić information content (AvgIpc) is 2.79. The Morgan fingerprint density at radius 1 is 0.800 bits per heavy atom. The number of carbonyl (C=O) groups is 1. The van der Waals surface area contributed by atoms with Gasteiger partial charge in [-0.15, -0.1) is 0 Å². The average molecular weight is 407 g/mol. The van der Waals surface area contributed by atoms with E-state index >= 15 is 0 Å². The van der Waals surface area contributed by atoms with Gasteiger partial charge in [0, 0.05) is 16.8 Å². The number of amides is 1. The minimum Gasteiger partial charge on any atom is -0.497 e. The van der Waals surface area contributed by atoms with Crippen molar-refractivity contribution in [3.8, 4) is 23.0 Å². The quantitative estimate of drug-likeness (QED) is 0.545. The predicted octanol–water partition coefficient (Wildman–Crippen LogP) is 4.93. The number of methoxy groups -OCH3 is 2. The fourth-order valence-electron chi connectivity index (χ4n) is 2.87. The van der Waals surface area contributed by atoms with Gasteiger partial charge in [0.05, 0.1) is 20.8 Å². The monoisotopic (exact) mass is 407 g/mol. The van der Waals surface area contributed by atoms with E-state index in [0.29, 0.717) is 29.4 Å². The van der Waals surface area contributed by atoms with Gasteiger partial charge in [0.2, 0.25) is 0 Å². The Hall–Kier alpha value is -3.67. The Balaban J connectivity index is 1.69. The molecule has 0 aromatic heterocycles. The highest BCUT2D eigenvalue weighted by molar-refractivity contribution is 6.04. The zero-order valence-corrected chi connectivity index (χ0v) is 17.3. The fourth-order valence-corrected chi connectivity index (χ4v) is 2.87. The number of hydrogen-bond donors (Lipinski definition) is 1. The van der Waals surface area contributed by atoms with Crippen LogP contribution in [0.3, 0.4) is 0 Å². The molecule has 3 rings (SSSR count). The van der Waals surface area contributed by atoms with Crippen LogP contribution in [0.15, 0.2) is 66.7 Å². The summed E-state index contributed by atoms with van der Waals surface area (Å²) < 4.78 is 21.8. The molecule has 156 valence electrons. The molecule has 0 saturated heterocycles. The maximum atomic E-state index is 12.7. The molecule has 0 aliphatic carbocycles. The lowest BCUT2D eigenvalue weighted by Gasteiger charge is -2.13. The van der Waals surface area contributed by atoms with Crippen LogP contribution in [-0.2, 0) is 6.61 Å². The molecule has 0 aliphatic rings. The summed E-state index contributed by atoms with van der Waals surface area (Å²) in [6.07, 6.45) is 0. The fraction of sp³-hybridized carbons (Fsp3) is 0.208. The van der Waals surface area contributed by atoms with Crippen LogP contribution in [0.25, 0.3) is 0 Å². The molecule has 30 heavy (non-hydrogen) atoms. The number of benzene rings is 3. The summed E-state index contributed by atoms with van der Waals surface area (Å²) in [7, 11) is 3.20. The minimum atomic E-state index is -0.215. The van der Waals surface area contributed by atoms with Crippen molar-refractivity contribution in [1.82, 2.24) is 0 Å².